The maximum Gasteiger partial charge on any atom is 0.273 e. The number of sulfonamides is 1. The molecule has 4 rings (SSSR count). The smallest absolute Gasteiger partial charge is 0.273 e. The van der Waals surface area contributed by atoms with E-state index in [9.17, 15) is 13.2 Å². The summed E-state index contributed by atoms with van der Waals surface area (Å²) in [6, 6.07) is 19.4. The van der Waals surface area contributed by atoms with Crippen LogP contribution in [0.25, 0.3) is 6.08 Å². The molecule has 9 nitrogen and oxygen atoms in total. The number of benzene rings is 2. The van der Waals surface area contributed by atoms with Gasteiger partial charge in [0.25, 0.3) is 15.9 Å². The van der Waals surface area contributed by atoms with Crippen LogP contribution in [0.2, 0.25) is 0 Å². The van der Waals surface area contributed by atoms with Gasteiger partial charge in [-0.1, -0.05) is 53.7 Å². The lowest BCUT2D eigenvalue weighted by Crippen LogP contribution is -2.21. The van der Waals surface area contributed by atoms with E-state index in [4.69, 9.17) is 0 Å². The molecular weight excluding hydrogens is 472 g/mol. The Morgan fingerprint density at radius 3 is 2.65 bits per heavy atom. The van der Waals surface area contributed by atoms with Gasteiger partial charge < -0.3 is 0 Å². The van der Waals surface area contributed by atoms with E-state index >= 15 is 0 Å². The molecule has 2 heterocycles. The Balaban J connectivity index is 1.34. The number of allylic oxidation sites excluding steroid dienone is 1. The molecule has 172 valence electrons. The molecule has 0 aliphatic carbocycles. The maximum absolute atomic E-state index is 12.5. The predicted octanol–water partition coefficient (Wildman–Crippen LogP) is 3.62. The molecule has 4 aromatic rings. The van der Waals surface area contributed by atoms with Crippen LogP contribution in [-0.4, -0.2) is 35.5 Å². The largest absolute Gasteiger partial charge is 0.278 e. The fourth-order valence-electron chi connectivity index (χ4n) is 2.96. The standard InChI is InChI=1S/C23H20N6O3S2/c30-23(20-11-4-5-12-21(20)27-34(31,32)22-13-7-15-33-22)26-24-14-6-10-19-17-29(28-25-19)16-18-8-2-1-3-9-18/h1-15,17,27H,16H2,(H,26,30)/b10-6+,24-14+. The average molecular weight is 493 g/mol. The number of carbonyl (C=O) groups excluding carboxylic acids is 1. The van der Waals surface area contributed by atoms with E-state index in [1.165, 1.54) is 24.4 Å². The number of carbonyl (C=O) groups is 1. The molecule has 2 N–H and O–H groups in total. The first kappa shape index (κ1) is 23.1. The van der Waals surface area contributed by atoms with Crippen molar-refractivity contribution in [3.8, 4) is 0 Å². The lowest BCUT2D eigenvalue weighted by Gasteiger charge is -2.10. The molecule has 0 radical (unpaired) electrons. The molecule has 0 saturated carbocycles. The van der Waals surface area contributed by atoms with Gasteiger partial charge in [-0.15, -0.1) is 16.4 Å². The molecule has 0 aliphatic rings. The number of anilines is 1. The van der Waals surface area contributed by atoms with Gasteiger partial charge in [0.15, 0.2) is 0 Å². The summed E-state index contributed by atoms with van der Waals surface area (Å²) in [5.74, 6) is -0.553. The molecule has 0 saturated heterocycles. The van der Waals surface area contributed by atoms with Crippen LogP contribution in [0.15, 0.2) is 93.7 Å². The molecule has 11 heteroatoms. The number of hydrogen-bond donors (Lipinski definition) is 2. The Morgan fingerprint density at radius 2 is 1.85 bits per heavy atom. The number of para-hydroxylation sites is 1. The van der Waals surface area contributed by atoms with Crippen LogP contribution in [0.1, 0.15) is 21.6 Å². The van der Waals surface area contributed by atoms with E-state index < -0.39 is 15.9 Å². The fourth-order valence-corrected chi connectivity index (χ4v) is 5.03. The average Bonchev–Trinajstić information content (AvgIpc) is 3.53. The molecule has 2 aromatic carbocycles. The Morgan fingerprint density at radius 1 is 1.06 bits per heavy atom. The highest BCUT2D eigenvalue weighted by molar-refractivity contribution is 7.94. The van der Waals surface area contributed by atoms with Gasteiger partial charge in [-0.05, 0) is 41.3 Å². The van der Waals surface area contributed by atoms with Gasteiger partial charge in [-0.25, -0.2) is 18.5 Å². The number of thiophene rings is 1. The Hall–Kier alpha value is -4.09. The van der Waals surface area contributed by atoms with Gasteiger partial charge in [0, 0.05) is 6.21 Å². The fraction of sp³-hybridized carbons (Fsp3) is 0.0435. The molecule has 0 unspecified atom stereocenters. The van der Waals surface area contributed by atoms with Crippen LogP contribution in [0.5, 0.6) is 0 Å². The summed E-state index contributed by atoms with van der Waals surface area (Å²) in [6.45, 7) is 0.613. The number of nitrogens with one attached hydrogen (secondary N) is 2. The van der Waals surface area contributed by atoms with E-state index in [-0.39, 0.29) is 15.5 Å². The lowest BCUT2D eigenvalue weighted by molar-refractivity contribution is 0.0956. The SMILES string of the molecule is O=C(N/N=C/C=C/c1cn(Cc2ccccc2)nn1)c1ccccc1NS(=O)(=O)c1cccs1. The van der Waals surface area contributed by atoms with Crippen molar-refractivity contribution >= 4 is 45.2 Å². The quantitative estimate of drug-likeness (QED) is 0.273. The van der Waals surface area contributed by atoms with Crippen molar-refractivity contribution in [2.24, 2.45) is 5.10 Å². The summed E-state index contributed by atoms with van der Waals surface area (Å²) in [4.78, 5) is 12.5. The van der Waals surface area contributed by atoms with Crippen LogP contribution in [-0.2, 0) is 16.6 Å². The second kappa shape index (κ2) is 10.7. The van der Waals surface area contributed by atoms with Crippen molar-refractivity contribution in [1.29, 1.82) is 0 Å². The first-order valence-electron chi connectivity index (χ1n) is 10.1. The molecule has 0 bridgehead atoms. The number of nitrogens with zero attached hydrogens (tertiary/aromatic N) is 4. The van der Waals surface area contributed by atoms with Crippen molar-refractivity contribution in [3.05, 3.63) is 101 Å². The first-order valence-corrected chi connectivity index (χ1v) is 12.5. The summed E-state index contributed by atoms with van der Waals surface area (Å²) in [7, 11) is -3.78. The molecule has 34 heavy (non-hydrogen) atoms. The van der Waals surface area contributed by atoms with E-state index in [0.717, 1.165) is 16.9 Å². The molecule has 2 aromatic heterocycles. The van der Waals surface area contributed by atoms with Crippen LogP contribution in [0.4, 0.5) is 5.69 Å². The van der Waals surface area contributed by atoms with Crippen molar-refractivity contribution in [2.45, 2.75) is 10.8 Å². The Kier molecular flexibility index (Phi) is 7.25. The second-order valence-electron chi connectivity index (χ2n) is 6.99. The number of amides is 1. The van der Waals surface area contributed by atoms with Crippen LogP contribution >= 0.6 is 11.3 Å². The third-order valence-corrected chi connectivity index (χ3v) is 7.28. The molecular formula is C23H20N6O3S2. The zero-order chi connectivity index (χ0) is 23.8. The number of hydrazone groups is 1. The number of hydrogen-bond acceptors (Lipinski definition) is 7. The Labute approximate surface area is 200 Å². The van der Waals surface area contributed by atoms with Crippen LogP contribution in [0.3, 0.4) is 0 Å². The first-order chi connectivity index (χ1) is 16.5. The molecule has 0 fully saturated rings. The van der Waals surface area contributed by atoms with E-state index in [1.807, 2.05) is 30.3 Å². The number of aromatic nitrogens is 3. The monoisotopic (exact) mass is 492 g/mol. The van der Waals surface area contributed by atoms with Gasteiger partial charge in [0.05, 0.1) is 24.0 Å². The summed E-state index contributed by atoms with van der Waals surface area (Å²) >= 11 is 1.09. The highest BCUT2D eigenvalue weighted by atomic mass is 32.2. The van der Waals surface area contributed by atoms with Crippen molar-refractivity contribution in [1.82, 2.24) is 20.4 Å². The molecule has 1 amide bonds. The highest BCUT2D eigenvalue weighted by Crippen LogP contribution is 2.22. The van der Waals surface area contributed by atoms with Gasteiger partial charge in [0.1, 0.15) is 9.90 Å². The van der Waals surface area contributed by atoms with Crippen molar-refractivity contribution in [3.63, 3.8) is 0 Å². The third kappa shape index (κ3) is 6.03. The summed E-state index contributed by atoms with van der Waals surface area (Å²) in [5.41, 5.74) is 4.45. The van der Waals surface area contributed by atoms with Crippen LogP contribution < -0.4 is 10.1 Å². The minimum atomic E-state index is -3.78. The van der Waals surface area contributed by atoms with Crippen molar-refractivity contribution in [2.75, 3.05) is 4.72 Å². The normalized spacial score (nSPS) is 11.8. The maximum atomic E-state index is 12.5. The molecule has 0 aliphatic heterocycles. The zero-order valence-corrected chi connectivity index (χ0v) is 19.4. The summed E-state index contributed by atoms with van der Waals surface area (Å²) in [5, 5.41) is 13.7. The minimum Gasteiger partial charge on any atom is -0.278 e. The van der Waals surface area contributed by atoms with Gasteiger partial charge in [-0.3, -0.25) is 9.52 Å². The molecule has 0 spiro atoms. The molecule has 0 atom stereocenters. The third-order valence-electron chi connectivity index (χ3n) is 4.51. The topological polar surface area (TPSA) is 118 Å². The van der Waals surface area contributed by atoms with Crippen molar-refractivity contribution < 1.29 is 13.2 Å². The van der Waals surface area contributed by atoms with E-state index in [0.29, 0.717) is 12.2 Å². The van der Waals surface area contributed by atoms with E-state index in [1.54, 1.807) is 46.6 Å². The highest BCUT2D eigenvalue weighted by Gasteiger charge is 2.19. The summed E-state index contributed by atoms with van der Waals surface area (Å²) in [6.07, 6.45) is 6.51. The predicted molar refractivity (Wildman–Crippen MR) is 132 cm³/mol. The Bertz CT molecular complexity index is 1410. The van der Waals surface area contributed by atoms with Gasteiger partial charge in [-0.2, -0.15) is 5.10 Å². The number of rotatable bonds is 9. The van der Waals surface area contributed by atoms with Gasteiger partial charge in [0.2, 0.25) is 0 Å². The van der Waals surface area contributed by atoms with E-state index in [2.05, 4.69) is 25.6 Å². The van der Waals surface area contributed by atoms with Crippen LogP contribution in [0, 0.1) is 0 Å². The zero-order valence-electron chi connectivity index (χ0n) is 17.8. The summed E-state index contributed by atoms with van der Waals surface area (Å²) < 4.78 is 29.3. The van der Waals surface area contributed by atoms with Gasteiger partial charge >= 0.3 is 0 Å². The lowest BCUT2D eigenvalue weighted by atomic mass is 10.2. The second-order valence-corrected chi connectivity index (χ2v) is 9.84. The minimum absolute atomic E-state index is 0.146.